The molecule has 5 heteroatoms. The first-order valence-corrected chi connectivity index (χ1v) is 11.4. The number of hydroxylamine groups is 1. The van der Waals surface area contributed by atoms with Crippen molar-refractivity contribution < 1.29 is 19.2 Å². The van der Waals surface area contributed by atoms with Crippen LogP contribution >= 0.6 is 0 Å². The molecule has 0 aliphatic carbocycles. The number of carbonyl (C=O) groups is 3. The van der Waals surface area contributed by atoms with Crippen LogP contribution in [-0.2, 0) is 4.84 Å². The number of nitrogens with zero attached hydrogens (tertiary/aromatic N) is 1. The second-order valence-corrected chi connectivity index (χ2v) is 8.35. The van der Waals surface area contributed by atoms with Crippen molar-refractivity contribution in [3.63, 3.8) is 0 Å². The van der Waals surface area contributed by atoms with Crippen LogP contribution in [0.4, 0.5) is 5.69 Å². The number of ketones is 3. The second-order valence-electron chi connectivity index (χ2n) is 8.35. The van der Waals surface area contributed by atoms with E-state index in [2.05, 4.69) is 0 Å². The maximum atomic E-state index is 13.9. The number of Topliss-reactive ketones (excluding diaryl/α,β-unsaturated/α-hetero) is 3. The summed E-state index contributed by atoms with van der Waals surface area (Å²) in [5, 5.41) is 1.44. The first kappa shape index (κ1) is 22.4. The van der Waals surface area contributed by atoms with E-state index in [4.69, 9.17) is 4.84 Å². The van der Waals surface area contributed by atoms with Crippen LogP contribution in [0, 0.1) is 5.92 Å². The molecule has 0 saturated carbocycles. The van der Waals surface area contributed by atoms with Crippen molar-refractivity contribution >= 4 is 23.0 Å². The molecule has 0 amide bonds. The molecule has 0 aromatic heterocycles. The quantitative estimate of drug-likeness (QED) is 0.343. The maximum absolute atomic E-state index is 13.9. The lowest BCUT2D eigenvalue weighted by molar-refractivity contribution is 0.0462. The summed E-state index contributed by atoms with van der Waals surface area (Å²) in [6.45, 7) is 0. The Morgan fingerprint density at radius 1 is 0.514 bits per heavy atom. The first-order valence-electron chi connectivity index (χ1n) is 11.4. The van der Waals surface area contributed by atoms with Gasteiger partial charge in [0.2, 0.25) is 0 Å². The van der Waals surface area contributed by atoms with E-state index in [1.54, 1.807) is 84.9 Å². The molecule has 0 spiro atoms. The summed E-state index contributed by atoms with van der Waals surface area (Å²) in [5.74, 6) is -1.98. The summed E-state index contributed by atoms with van der Waals surface area (Å²) in [6, 6.07) is 34.3. The summed E-state index contributed by atoms with van der Waals surface area (Å²) in [6.07, 6.45) is -1.16. The summed E-state index contributed by atoms with van der Waals surface area (Å²) < 4.78 is 0. The van der Waals surface area contributed by atoms with Gasteiger partial charge in [0.1, 0.15) is 6.04 Å². The van der Waals surface area contributed by atoms with E-state index in [-0.39, 0.29) is 17.3 Å². The van der Waals surface area contributed by atoms with E-state index in [0.29, 0.717) is 22.4 Å². The summed E-state index contributed by atoms with van der Waals surface area (Å²) in [7, 11) is 0. The van der Waals surface area contributed by atoms with Crippen LogP contribution in [0.25, 0.3) is 0 Å². The minimum absolute atomic E-state index is 0.285. The highest BCUT2D eigenvalue weighted by molar-refractivity contribution is 6.12. The average molecular weight is 462 g/mol. The standard InChI is InChI=1S/C30H23NO4/c32-27(21-13-5-1-6-14-21)25-26(28(33)22-15-7-2-8-16-22)31(24-19-11-4-12-20-24)35-30(25)29(34)23-17-9-3-10-18-23/h1-20,25-26,30H/t25-,26-,30-/m1/s1. The number of hydrogen-bond donors (Lipinski definition) is 0. The molecule has 0 unspecified atom stereocenters. The lowest BCUT2D eigenvalue weighted by Gasteiger charge is -2.25. The van der Waals surface area contributed by atoms with Gasteiger partial charge >= 0.3 is 0 Å². The normalized spacial score (nSPS) is 19.3. The fraction of sp³-hybridized carbons (Fsp3) is 0.100. The van der Waals surface area contributed by atoms with Gasteiger partial charge in [-0.1, -0.05) is 109 Å². The molecular weight excluding hydrogens is 438 g/mol. The Kier molecular flexibility index (Phi) is 6.33. The van der Waals surface area contributed by atoms with Crippen LogP contribution in [0.2, 0.25) is 0 Å². The number of benzene rings is 4. The number of anilines is 1. The largest absolute Gasteiger partial charge is 0.294 e. The summed E-state index contributed by atoms with van der Waals surface area (Å²) in [4.78, 5) is 47.7. The Hall–Kier alpha value is -4.35. The molecule has 1 aliphatic rings. The van der Waals surface area contributed by atoms with Crippen LogP contribution in [0.3, 0.4) is 0 Å². The lowest BCUT2D eigenvalue weighted by atomic mass is 9.81. The summed E-state index contributed by atoms with van der Waals surface area (Å²) >= 11 is 0. The highest BCUT2D eigenvalue weighted by Gasteiger charge is 2.54. The Labute approximate surface area is 203 Å². The van der Waals surface area contributed by atoms with Crippen molar-refractivity contribution in [1.82, 2.24) is 0 Å². The minimum atomic E-state index is -1.16. The van der Waals surface area contributed by atoms with Crippen LogP contribution in [0.1, 0.15) is 31.1 Å². The minimum Gasteiger partial charge on any atom is -0.294 e. The first-order chi connectivity index (χ1) is 17.1. The maximum Gasteiger partial charge on any atom is 0.195 e. The van der Waals surface area contributed by atoms with E-state index < -0.39 is 18.1 Å². The predicted octanol–water partition coefficient (Wildman–Crippen LogP) is 5.44. The van der Waals surface area contributed by atoms with E-state index in [1.165, 1.54) is 5.06 Å². The topological polar surface area (TPSA) is 63.7 Å². The molecule has 172 valence electrons. The van der Waals surface area contributed by atoms with Crippen LogP contribution < -0.4 is 5.06 Å². The molecule has 4 aromatic rings. The molecule has 4 aromatic carbocycles. The van der Waals surface area contributed by atoms with Gasteiger partial charge in [0.05, 0.1) is 11.6 Å². The number of hydrogen-bond acceptors (Lipinski definition) is 5. The van der Waals surface area contributed by atoms with Gasteiger partial charge in [-0.25, -0.2) is 5.06 Å². The van der Waals surface area contributed by atoms with Crippen LogP contribution in [0.15, 0.2) is 121 Å². The molecule has 1 aliphatic heterocycles. The molecule has 0 radical (unpaired) electrons. The van der Waals surface area contributed by atoms with Crippen molar-refractivity contribution in [3.8, 4) is 0 Å². The second kappa shape index (κ2) is 9.87. The van der Waals surface area contributed by atoms with E-state index in [9.17, 15) is 14.4 Å². The van der Waals surface area contributed by atoms with E-state index in [0.717, 1.165) is 0 Å². The average Bonchev–Trinajstić information content (AvgIpc) is 3.34. The van der Waals surface area contributed by atoms with Gasteiger partial charge in [0.25, 0.3) is 0 Å². The third kappa shape index (κ3) is 4.42. The van der Waals surface area contributed by atoms with Gasteiger partial charge in [-0.3, -0.25) is 19.2 Å². The van der Waals surface area contributed by atoms with Crippen LogP contribution in [-0.4, -0.2) is 29.5 Å². The molecule has 5 rings (SSSR count). The van der Waals surface area contributed by atoms with Crippen molar-refractivity contribution in [1.29, 1.82) is 0 Å². The third-order valence-electron chi connectivity index (χ3n) is 6.16. The van der Waals surface area contributed by atoms with Gasteiger partial charge in [-0.15, -0.1) is 0 Å². The monoisotopic (exact) mass is 461 g/mol. The molecule has 1 fully saturated rings. The smallest absolute Gasteiger partial charge is 0.195 e. The van der Waals surface area contributed by atoms with Crippen molar-refractivity contribution in [2.24, 2.45) is 5.92 Å². The molecule has 1 saturated heterocycles. The molecule has 5 nitrogen and oxygen atoms in total. The Bertz CT molecular complexity index is 1320. The van der Waals surface area contributed by atoms with Gasteiger partial charge in [-0.05, 0) is 12.1 Å². The van der Waals surface area contributed by atoms with Crippen LogP contribution in [0.5, 0.6) is 0 Å². The Morgan fingerprint density at radius 3 is 1.40 bits per heavy atom. The number of para-hydroxylation sites is 1. The molecule has 0 N–H and O–H groups in total. The highest BCUT2D eigenvalue weighted by atomic mass is 16.7. The van der Waals surface area contributed by atoms with Crippen molar-refractivity contribution in [2.75, 3.05) is 5.06 Å². The summed E-state index contributed by atoms with van der Waals surface area (Å²) in [5.41, 5.74) is 1.88. The molecule has 1 heterocycles. The van der Waals surface area contributed by atoms with Gasteiger partial charge in [0.15, 0.2) is 23.5 Å². The third-order valence-corrected chi connectivity index (χ3v) is 6.16. The zero-order valence-electron chi connectivity index (χ0n) is 18.9. The molecule has 0 bridgehead atoms. The van der Waals surface area contributed by atoms with Crippen molar-refractivity contribution in [2.45, 2.75) is 12.1 Å². The zero-order chi connectivity index (χ0) is 24.2. The highest BCUT2D eigenvalue weighted by Crippen LogP contribution is 2.37. The van der Waals surface area contributed by atoms with Gasteiger partial charge in [-0.2, -0.15) is 0 Å². The molecule has 35 heavy (non-hydrogen) atoms. The predicted molar refractivity (Wildman–Crippen MR) is 133 cm³/mol. The van der Waals surface area contributed by atoms with E-state index >= 15 is 0 Å². The zero-order valence-corrected chi connectivity index (χ0v) is 18.9. The molecule has 3 atom stereocenters. The number of carbonyl (C=O) groups excluding carboxylic acids is 3. The fourth-order valence-electron chi connectivity index (χ4n) is 4.46. The Balaban J connectivity index is 1.65. The fourth-order valence-corrected chi connectivity index (χ4v) is 4.46. The Morgan fingerprint density at radius 2 is 0.914 bits per heavy atom. The SMILES string of the molecule is O=C(c1ccccc1)[C@@H]1[C@H](C(=O)c2ccccc2)ON(c2ccccc2)[C@H]1C(=O)c1ccccc1. The molecular formula is C30H23NO4. The van der Waals surface area contributed by atoms with Gasteiger partial charge in [0, 0.05) is 16.7 Å². The lowest BCUT2D eigenvalue weighted by Crippen LogP contribution is -2.44. The van der Waals surface area contributed by atoms with E-state index in [1.807, 2.05) is 36.4 Å². The number of rotatable bonds is 7. The van der Waals surface area contributed by atoms with Crippen molar-refractivity contribution in [3.05, 3.63) is 138 Å². The van der Waals surface area contributed by atoms with Gasteiger partial charge < -0.3 is 0 Å².